The fraction of sp³-hybridized carbons (Fsp3) is 0.846. The Morgan fingerprint density at radius 1 is 1.44 bits per heavy atom. The number of thiocarbonyl (C=S) groups is 1. The molecule has 0 aromatic rings. The van der Waals surface area contributed by atoms with Gasteiger partial charge in [-0.15, -0.1) is 0 Å². The van der Waals surface area contributed by atoms with Crippen LogP contribution in [0.1, 0.15) is 41.0 Å². The Morgan fingerprint density at radius 3 is 2.39 bits per heavy atom. The summed E-state index contributed by atoms with van der Waals surface area (Å²) >= 11 is 4.96. The predicted octanol–water partition coefficient (Wildman–Crippen LogP) is 1.54. The summed E-state index contributed by atoms with van der Waals surface area (Å²) < 4.78 is 0. The molecule has 3 N–H and O–H groups in total. The molecule has 0 aromatic heterocycles. The van der Waals surface area contributed by atoms with Crippen molar-refractivity contribution in [3.05, 3.63) is 0 Å². The lowest BCUT2D eigenvalue weighted by Gasteiger charge is -2.28. The van der Waals surface area contributed by atoms with Gasteiger partial charge in [0, 0.05) is 18.0 Å². The van der Waals surface area contributed by atoms with Gasteiger partial charge in [-0.2, -0.15) is 0 Å². The van der Waals surface area contributed by atoms with E-state index in [1.54, 1.807) is 0 Å². The highest BCUT2D eigenvalue weighted by atomic mass is 32.1. The van der Waals surface area contributed by atoms with Gasteiger partial charge in [0.15, 0.2) is 0 Å². The smallest absolute Gasteiger partial charge is 0.234 e. The first-order valence-electron chi connectivity index (χ1n) is 6.54. The number of carbonyl (C=O) groups is 1. The second-order valence-electron chi connectivity index (χ2n) is 5.42. The average Bonchev–Trinajstić information content (AvgIpc) is 2.27. The van der Waals surface area contributed by atoms with Gasteiger partial charge >= 0.3 is 0 Å². The zero-order chi connectivity index (χ0) is 14.3. The standard InChI is InChI=1S/C13H27N3OS/c1-6-13(4,5)15-11(17)9-16(7-2)8-10(3)12(14)18/h10H,6-9H2,1-5H3,(H2,14,18)(H,15,17). The summed E-state index contributed by atoms with van der Waals surface area (Å²) in [5, 5.41) is 3.03. The van der Waals surface area contributed by atoms with Crippen LogP contribution in [0.5, 0.6) is 0 Å². The number of hydrogen-bond donors (Lipinski definition) is 2. The molecule has 0 aliphatic rings. The van der Waals surface area contributed by atoms with Gasteiger partial charge in [0.25, 0.3) is 0 Å². The van der Waals surface area contributed by atoms with E-state index in [0.29, 0.717) is 11.5 Å². The molecule has 0 heterocycles. The summed E-state index contributed by atoms with van der Waals surface area (Å²) in [5.74, 6) is 0.186. The van der Waals surface area contributed by atoms with E-state index in [1.165, 1.54) is 0 Å². The van der Waals surface area contributed by atoms with Gasteiger partial charge < -0.3 is 11.1 Å². The van der Waals surface area contributed by atoms with Crippen LogP contribution in [0, 0.1) is 5.92 Å². The average molecular weight is 273 g/mol. The number of nitrogens with one attached hydrogen (secondary N) is 1. The highest BCUT2D eigenvalue weighted by Gasteiger charge is 2.20. The zero-order valence-electron chi connectivity index (χ0n) is 12.2. The second-order valence-corrected chi connectivity index (χ2v) is 5.89. The third-order valence-corrected chi connectivity index (χ3v) is 3.60. The number of amides is 1. The Balaban J connectivity index is 4.29. The SMILES string of the molecule is CCN(CC(=O)NC(C)(C)CC)CC(C)C(N)=S. The lowest BCUT2D eigenvalue weighted by molar-refractivity contribution is -0.123. The van der Waals surface area contributed by atoms with Gasteiger partial charge in [0.05, 0.1) is 11.5 Å². The second kappa shape index (κ2) is 7.69. The lowest BCUT2D eigenvalue weighted by Crippen LogP contribution is -2.48. The minimum absolute atomic E-state index is 0.0545. The van der Waals surface area contributed by atoms with Gasteiger partial charge in [0.2, 0.25) is 5.91 Å². The minimum Gasteiger partial charge on any atom is -0.393 e. The summed E-state index contributed by atoms with van der Waals surface area (Å²) in [6, 6.07) is 0. The summed E-state index contributed by atoms with van der Waals surface area (Å²) in [4.78, 5) is 14.5. The topological polar surface area (TPSA) is 58.4 Å². The van der Waals surface area contributed by atoms with Crippen molar-refractivity contribution < 1.29 is 4.79 Å². The molecule has 0 radical (unpaired) electrons. The van der Waals surface area contributed by atoms with E-state index >= 15 is 0 Å². The van der Waals surface area contributed by atoms with Gasteiger partial charge in [-0.3, -0.25) is 9.69 Å². The fourth-order valence-electron chi connectivity index (χ4n) is 1.49. The molecule has 1 amide bonds. The van der Waals surface area contributed by atoms with Crippen molar-refractivity contribution in [2.24, 2.45) is 11.7 Å². The molecule has 0 aromatic carbocycles. The van der Waals surface area contributed by atoms with Crippen molar-refractivity contribution in [2.75, 3.05) is 19.6 Å². The van der Waals surface area contributed by atoms with Crippen LogP contribution in [0.15, 0.2) is 0 Å². The number of likely N-dealkylation sites (N-methyl/N-ethyl adjacent to an activating group) is 1. The first-order chi connectivity index (χ1) is 8.21. The highest BCUT2D eigenvalue weighted by molar-refractivity contribution is 7.80. The third kappa shape index (κ3) is 6.91. The van der Waals surface area contributed by atoms with Crippen LogP contribution >= 0.6 is 12.2 Å². The molecule has 18 heavy (non-hydrogen) atoms. The first kappa shape index (κ1) is 17.3. The van der Waals surface area contributed by atoms with Crippen molar-refractivity contribution in [3.63, 3.8) is 0 Å². The molecule has 1 unspecified atom stereocenters. The molecule has 0 saturated carbocycles. The minimum atomic E-state index is -0.148. The van der Waals surface area contributed by atoms with Crippen LogP contribution in [-0.2, 0) is 4.79 Å². The Kier molecular flexibility index (Phi) is 7.40. The summed E-state index contributed by atoms with van der Waals surface area (Å²) in [6.07, 6.45) is 0.911. The summed E-state index contributed by atoms with van der Waals surface area (Å²) in [5.41, 5.74) is 5.45. The molecule has 1 atom stereocenters. The monoisotopic (exact) mass is 273 g/mol. The van der Waals surface area contributed by atoms with Crippen LogP contribution < -0.4 is 11.1 Å². The maximum atomic E-state index is 11.9. The first-order valence-corrected chi connectivity index (χ1v) is 6.95. The van der Waals surface area contributed by atoms with Gasteiger partial charge in [-0.25, -0.2) is 0 Å². The largest absolute Gasteiger partial charge is 0.393 e. The molecule has 0 aliphatic heterocycles. The van der Waals surface area contributed by atoms with E-state index in [2.05, 4.69) is 17.1 Å². The summed E-state index contributed by atoms with van der Waals surface area (Å²) in [6.45, 7) is 12.1. The number of rotatable bonds is 8. The fourth-order valence-corrected chi connectivity index (χ4v) is 1.57. The molecule has 0 spiro atoms. The predicted molar refractivity (Wildman–Crippen MR) is 80.6 cm³/mol. The number of nitrogens with zero attached hydrogens (tertiary/aromatic N) is 1. The van der Waals surface area contributed by atoms with Crippen LogP contribution in [0.4, 0.5) is 0 Å². The van der Waals surface area contributed by atoms with E-state index < -0.39 is 0 Å². The van der Waals surface area contributed by atoms with Crippen molar-refractivity contribution in [1.29, 1.82) is 0 Å². The Morgan fingerprint density at radius 2 is 2.00 bits per heavy atom. The molecule has 4 nitrogen and oxygen atoms in total. The molecule has 0 saturated heterocycles. The molecular weight excluding hydrogens is 246 g/mol. The molecule has 0 rings (SSSR count). The van der Waals surface area contributed by atoms with Crippen LogP contribution in [0.2, 0.25) is 0 Å². The Bertz CT molecular complexity index is 292. The van der Waals surface area contributed by atoms with Crippen LogP contribution in [0.25, 0.3) is 0 Å². The van der Waals surface area contributed by atoms with Crippen molar-refractivity contribution in [1.82, 2.24) is 10.2 Å². The molecule has 0 aliphatic carbocycles. The molecule has 0 fully saturated rings. The van der Waals surface area contributed by atoms with Crippen LogP contribution in [0.3, 0.4) is 0 Å². The van der Waals surface area contributed by atoms with E-state index in [-0.39, 0.29) is 17.4 Å². The molecular formula is C13H27N3OS. The van der Waals surface area contributed by atoms with E-state index in [4.69, 9.17) is 18.0 Å². The van der Waals surface area contributed by atoms with Crippen molar-refractivity contribution in [2.45, 2.75) is 46.6 Å². The maximum absolute atomic E-state index is 11.9. The Hall–Kier alpha value is -0.680. The normalized spacial score (nSPS) is 13.4. The lowest BCUT2D eigenvalue weighted by atomic mass is 10.0. The third-order valence-electron chi connectivity index (χ3n) is 3.19. The van der Waals surface area contributed by atoms with E-state index in [1.807, 2.05) is 27.7 Å². The van der Waals surface area contributed by atoms with Crippen molar-refractivity contribution >= 4 is 23.1 Å². The van der Waals surface area contributed by atoms with Gasteiger partial charge in [-0.05, 0) is 26.8 Å². The molecule has 106 valence electrons. The number of carbonyl (C=O) groups excluding carboxylic acids is 1. The Labute approximate surface area is 116 Å². The van der Waals surface area contributed by atoms with Crippen LogP contribution in [-0.4, -0.2) is 41.0 Å². The van der Waals surface area contributed by atoms with Gasteiger partial charge in [-0.1, -0.05) is 33.0 Å². The number of nitrogens with two attached hydrogens (primary N) is 1. The molecule has 5 heteroatoms. The quantitative estimate of drug-likeness (QED) is 0.659. The number of hydrogen-bond acceptors (Lipinski definition) is 3. The van der Waals surface area contributed by atoms with E-state index in [9.17, 15) is 4.79 Å². The zero-order valence-corrected chi connectivity index (χ0v) is 13.1. The molecule has 0 bridgehead atoms. The van der Waals surface area contributed by atoms with Gasteiger partial charge in [0.1, 0.15) is 0 Å². The van der Waals surface area contributed by atoms with E-state index in [0.717, 1.165) is 19.5 Å². The van der Waals surface area contributed by atoms with Crippen molar-refractivity contribution in [3.8, 4) is 0 Å². The summed E-state index contributed by atoms with van der Waals surface area (Å²) in [7, 11) is 0. The highest BCUT2D eigenvalue weighted by Crippen LogP contribution is 2.07. The maximum Gasteiger partial charge on any atom is 0.234 e.